The smallest absolute Gasteiger partial charge is 0.229 e. The van der Waals surface area contributed by atoms with Crippen molar-refractivity contribution >= 4 is 31.5 Å². The lowest BCUT2D eigenvalue weighted by atomic mass is 10.1. The first kappa shape index (κ1) is 16.7. The molecule has 8 heteroatoms. The Morgan fingerprint density at radius 1 is 1.24 bits per heavy atom. The van der Waals surface area contributed by atoms with Crippen LogP contribution in [0.1, 0.15) is 17.5 Å². The third-order valence-electron chi connectivity index (χ3n) is 3.62. The minimum atomic E-state index is -3.67. The number of alkyl halides is 1. The molecule has 0 aromatic heterocycles. The van der Waals surface area contributed by atoms with Gasteiger partial charge in [0.1, 0.15) is 0 Å². The first-order valence-corrected chi connectivity index (χ1v) is 10.4. The molecular weight excluding hydrogens is 334 g/mol. The highest BCUT2D eigenvalue weighted by atomic mass is 35.5. The van der Waals surface area contributed by atoms with Crippen LogP contribution in [0.3, 0.4) is 0 Å². The van der Waals surface area contributed by atoms with Gasteiger partial charge in [-0.25, -0.2) is 16.8 Å². The van der Waals surface area contributed by atoms with Gasteiger partial charge < -0.3 is 0 Å². The average molecular weight is 352 g/mol. The molecule has 0 aliphatic carbocycles. The van der Waals surface area contributed by atoms with Crippen molar-refractivity contribution in [2.75, 3.05) is 24.6 Å². The van der Waals surface area contributed by atoms with Crippen molar-refractivity contribution < 1.29 is 16.8 Å². The number of sulfone groups is 1. The van der Waals surface area contributed by atoms with Gasteiger partial charge in [-0.3, -0.25) is 0 Å². The monoisotopic (exact) mass is 351 g/mol. The van der Waals surface area contributed by atoms with Crippen molar-refractivity contribution in [3.63, 3.8) is 0 Å². The van der Waals surface area contributed by atoms with Crippen LogP contribution in [0.15, 0.2) is 23.1 Å². The second-order valence-electron chi connectivity index (χ2n) is 5.13. The predicted octanol–water partition coefficient (Wildman–Crippen LogP) is 1.54. The van der Waals surface area contributed by atoms with Gasteiger partial charge in [0.25, 0.3) is 0 Å². The van der Waals surface area contributed by atoms with Gasteiger partial charge >= 0.3 is 0 Å². The summed E-state index contributed by atoms with van der Waals surface area (Å²) in [6.45, 7) is 2.10. The maximum atomic E-state index is 12.6. The number of aryl methyl sites for hydroxylation is 1. The van der Waals surface area contributed by atoms with Crippen LogP contribution in [-0.2, 0) is 25.7 Å². The van der Waals surface area contributed by atoms with E-state index in [9.17, 15) is 16.8 Å². The van der Waals surface area contributed by atoms with Gasteiger partial charge in [0.05, 0.1) is 16.4 Å². The molecule has 0 saturated carbocycles. The molecule has 1 saturated heterocycles. The van der Waals surface area contributed by atoms with Crippen LogP contribution in [-0.4, -0.2) is 45.7 Å². The molecule has 0 spiro atoms. The summed E-state index contributed by atoms with van der Waals surface area (Å²) in [6, 6.07) is 4.83. The lowest BCUT2D eigenvalue weighted by molar-refractivity contribution is 0.434. The Bertz CT molecular complexity index is 729. The average Bonchev–Trinajstić information content (AvgIpc) is 2.60. The number of benzene rings is 1. The zero-order valence-electron chi connectivity index (χ0n) is 11.7. The highest BCUT2D eigenvalue weighted by Crippen LogP contribution is 2.22. The number of hydrogen-bond donors (Lipinski definition) is 0. The van der Waals surface area contributed by atoms with Crippen LogP contribution in [0.2, 0.25) is 0 Å². The van der Waals surface area contributed by atoms with Gasteiger partial charge in [-0.15, -0.1) is 11.6 Å². The van der Waals surface area contributed by atoms with Crippen LogP contribution in [0.25, 0.3) is 0 Å². The van der Waals surface area contributed by atoms with Gasteiger partial charge in [0.15, 0.2) is 9.84 Å². The summed E-state index contributed by atoms with van der Waals surface area (Å²) in [4.78, 5) is 0.169. The zero-order valence-corrected chi connectivity index (χ0v) is 14.1. The Morgan fingerprint density at radius 3 is 2.62 bits per heavy atom. The second kappa shape index (κ2) is 6.24. The Hall–Kier alpha value is -0.630. The third kappa shape index (κ3) is 3.77. The zero-order chi connectivity index (χ0) is 15.7. The van der Waals surface area contributed by atoms with E-state index in [0.717, 1.165) is 11.1 Å². The molecule has 1 heterocycles. The fourth-order valence-corrected chi connectivity index (χ4v) is 5.46. The Morgan fingerprint density at radius 2 is 1.95 bits per heavy atom. The standard InChI is InChI=1S/C13H18ClNO4S2/c1-11-3-4-13(9-12(11)10-14)21(18,19)15-5-2-7-20(16,17)8-6-15/h3-4,9H,2,5-8,10H2,1H3. The first-order valence-electron chi connectivity index (χ1n) is 6.62. The van der Waals surface area contributed by atoms with Crippen molar-refractivity contribution in [3.05, 3.63) is 29.3 Å². The van der Waals surface area contributed by atoms with Gasteiger partial charge in [-0.1, -0.05) is 6.07 Å². The molecule has 0 N–H and O–H groups in total. The number of sulfonamides is 1. The fraction of sp³-hybridized carbons (Fsp3) is 0.538. The van der Waals surface area contributed by atoms with Crippen molar-refractivity contribution in [1.29, 1.82) is 0 Å². The minimum absolute atomic E-state index is 0.00868. The van der Waals surface area contributed by atoms with Crippen LogP contribution in [0.5, 0.6) is 0 Å². The molecule has 0 atom stereocenters. The van der Waals surface area contributed by atoms with E-state index in [1.807, 2.05) is 6.92 Å². The van der Waals surface area contributed by atoms with E-state index in [0.29, 0.717) is 6.42 Å². The molecule has 21 heavy (non-hydrogen) atoms. The van der Waals surface area contributed by atoms with Crippen LogP contribution in [0.4, 0.5) is 0 Å². The quantitative estimate of drug-likeness (QED) is 0.774. The SMILES string of the molecule is Cc1ccc(S(=O)(=O)N2CCCS(=O)(=O)CC2)cc1CCl. The van der Waals surface area contributed by atoms with E-state index < -0.39 is 19.9 Å². The molecule has 0 radical (unpaired) electrons. The lowest BCUT2D eigenvalue weighted by Gasteiger charge is -2.20. The van der Waals surface area contributed by atoms with Crippen molar-refractivity contribution in [2.24, 2.45) is 0 Å². The molecule has 2 rings (SSSR count). The molecular formula is C13H18ClNO4S2. The van der Waals surface area contributed by atoms with E-state index >= 15 is 0 Å². The largest absolute Gasteiger partial charge is 0.243 e. The Balaban J connectivity index is 2.33. The van der Waals surface area contributed by atoms with E-state index in [-0.39, 0.29) is 35.4 Å². The van der Waals surface area contributed by atoms with Gasteiger partial charge in [-0.2, -0.15) is 4.31 Å². The van der Waals surface area contributed by atoms with E-state index in [1.54, 1.807) is 18.2 Å². The van der Waals surface area contributed by atoms with Crippen molar-refractivity contribution in [3.8, 4) is 0 Å². The number of halogens is 1. The fourth-order valence-electron chi connectivity index (χ4n) is 2.26. The Labute approximate surface area is 130 Å². The van der Waals surface area contributed by atoms with E-state index in [2.05, 4.69) is 0 Å². The number of hydrogen-bond acceptors (Lipinski definition) is 4. The highest BCUT2D eigenvalue weighted by Gasteiger charge is 2.29. The number of nitrogens with zero attached hydrogens (tertiary/aromatic N) is 1. The normalized spacial score (nSPS) is 20.1. The topological polar surface area (TPSA) is 71.5 Å². The van der Waals surface area contributed by atoms with Gasteiger partial charge in [-0.05, 0) is 36.6 Å². The molecule has 0 unspecified atom stereocenters. The molecule has 1 fully saturated rings. The highest BCUT2D eigenvalue weighted by molar-refractivity contribution is 7.91. The molecule has 1 aromatic rings. The molecule has 1 aromatic carbocycles. The first-order chi connectivity index (χ1) is 9.76. The van der Waals surface area contributed by atoms with Crippen LogP contribution < -0.4 is 0 Å². The molecule has 0 amide bonds. The number of rotatable bonds is 3. The maximum Gasteiger partial charge on any atom is 0.243 e. The lowest BCUT2D eigenvalue weighted by Crippen LogP contribution is -2.33. The predicted molar refractivity (Wildman–Crippen MR) is 82.8 cm³/mol. The summed E-state index contributed by atoms with van der Waals surface area (Å²) in [7, 11) is -6.82. The summed E-state index contributed by atoms with van der Waals surface area (Å²) in [6.07, 6.45) is 0.329. The summed E-state index contributed by atoms with van der Waals surface area (Å²) in [5, 5.41) is 0. The summed E-state index contributed by atoms with van der Waals surface area (Å²) in [5.74, 6) is 0.157. The third-order valence-corrected chi connectivity index (χ3v) is 7.51. The minimum Gasteiger partial charge on any atom is -0.229 e. The summed E-state index contributed by atoms with van der Waals surface area (Å²) < 4.78 is 49.7. The van der Waals surface area contributed by atoms with Crippen LogP contribution >= 0.6 is 11.6 Å². The molecule has 5 nitrogen and oxygen atoms in total. The Kier molecular flexibility index (Phi) is 4.97. The van der Waals surface area contributed by atoms with Gasteiger partial charge in [0, 0.05) is 19.0 Å². The maximum absolute atomic E-state index is 12.6. The molecule has 118 valence electrons. The second-order valence-corrected chi connectivity index (χ2v) is 9.64. The molecule has 1 aliphatic heterocycles. The van der Waals surface area contributed by atoms with Gasteiger partial charge in [0.2, 0.25) is 10.0 Å². The van der Waals surface area contributed by atoms with E-state index in [1.165, 1.54) is 4.31 Å². The van der Waals surface area contributed by atoms with Crippen LogP contribution in [0, 0.1) is 6.92 Å². The van der Waals surface area contributed by atoms with E-state index in [4.69, 9.17) is 11.6 Å². The van der Waals surface area contributed by atoms with Crippen molar-refractivity contribution in [1.82, 2.24) is 4.31 Å². The summed E-state index contributed by atoms with van der Waals surface area (Å²) >= 11 is 5.82. The van der Waals surface area contributed by atoms with Crippen molar-refractivity contribution in [2.45, 2.75) is 24.1 Å². The summed E-state index contributed by atoms with van der Waals surface area (Å²) in [5.41, 5.74) is 1.70. The molecule has 0 bridgehead atoms. The molecule has 1 aliphatic rings.